The number of rotatable bonds is 10. The molecule has 1 N–H and O–H groups in total. The fourth-order valence-electron chi connectivity index (χ4n) is 2.93. The largest absolute Gasteiger partial charge is 0.385 e. The number of nitrogens with one attached hydrogen (secondary N) is 1. The Balaban J connectivity index is 1.69. The normalized spacial score (nSPS) is 10.6. The minimum absolute atomic E-state index is 0.149. The highest BCUT2D eigenvalue weighted by Gasteiger charge is 2.17. The fourth-order valence-corrected chi connectivity index (χ4v) is 3.91. The zero-order chi connectivity index (χ0) is 22.1. The number of methoxy groups -OCH3 is 1. The lowest BCUT2D eigenvalue weighted by molar-refractivity contribution is -0.113. The number of nitrogens with zero attached hydrogens (tertiary/aromatic N) is 4. The van der Waals surface area contributed by atoms with Crippen molar-refractivity contribution in [3.8, 4) is 17.5 Å². The van der Waals surface area contributed by atoms with Gasteiger partial charge in [-0.15, -0.1) is 10.2 Å². The van der Waals surface area contributed by atoms with E-state index in [0.29, 0.717) is 41.3 Å². The van der Waals surface area contributed by atoms with Gasteiger partial charge >= 0.3 is 0 Å². The molecule has 0 saturated carbocycles. The van der Waals surface area contributed by atoms with Crippen molar-refractivity contribution < 1.29 is 9.53 Å². The molecule has 0 radical (unpaired) electrons. The maximum absolute atomic E-state index is 12.4. The summed E-state index contributed by atoms with van der Waals surface area (Å²) in [4.78, 5) is 12.4. The lowest BCUT2D eigenvalue weighted by Gasteiger charge is -2.11. The number of ether oxygens (including phenoxy) is 1. The van der Waals surface area contributed by atoms with Gasteiger partial charge in [0.05, 0.1) is 23.3 Å². The molecular formula is C22H22ClN5O2S. The molecule has 31 heavy (non-hydrogen) atoms. The first-order valence-corrected chi connectivity index (χ1v) is 11.0. The summed E-state index contributed by atoms with van der Waals surface area (Å²) in [7, 11) is 1.66. The van der Waals surface area contributed by atoms with Crippen LogP contribution in [0, 0.1) is 11.3 Å². The summed E-state index contributed by atoms with van der Waals surface area (Å²) < 4.78 is 7.14. The Morgan fingerprint density at radius 3 is 2.71 bits per heavy atom. The molecule has 0 aliphatic heterocycles. The number of hydrogen-bond acceptors (Lipinski definition) is 6. The number of nitriles is 1. The average Bonchev–Trinajstić information content (AvgIpc) is 3.17. The molecule has 0 spiro atoms. The van der Waals surface area contributed by atoms with E-state index < -0.39 is 0 Å². The molecule has 9 heteroatoms. The van der Waals surface area contributed by atoms with E-state index in [-0.39, 0.29) is 11.7 Å². The van der Waals surface area contributed by atoms with Gasteiger partial charge in [0.25, 0.3) is 0 Å². The molecule has 2 aromatic carbocycles. The maximum atomic E-state index is 12.4. The van der Waals surface area contributed by atoms with Crippen LogP contribution in [0.1, 0.15) is 12.0 Å². The number of anilines is 1. The first kappa shape index (κ1) is 22.8. The second-order valence-electron chi connectivity index (χ2n) is 6.65. The van der Waals surface area contributed by atoms with E-state index in [0.717, 1.165) is 17.5 Å². The number of aromatic nitrogens is 3. The van der Waals surface area contributed by atoms with E-state index in [9.17, 15) is 4.79 Å². The van der Waals surface area contributed by atoms with Crippen molar-refractivity contribution in [1.29, 1.82) is 5.26 Å². The highest BCUT2D eigenvalue weighted by atomic mass is 35.5. The van der Waals surface area contributed by atoms with Crippen molar-refractivity contribution in [2.75, 3.05) is 24.8 Å². The van der Waals surface area contributed by atoms with E-state index in [1.165, 1.54) is 11.8 Å². The summed E-state index contributed by atoms with van der Waals surface area (Å²) in [5, 5.41) is 21.5. The number of carbonyl (C=O) groups excluding carboxylic acids is 1. The minimum Gasteiger partial charge on any atom is -0.385 e. The topological polar surface area (TPSA) is 92.8 Å². The van der Waals surface area contributed by atoms with Gasteiger partial charge in [0, 0.05) is 31.5 Å². The van der Waals surface area contributed by atoms with Gasteiger partial charge in [0.2, 0.25) is 5.91 Å². The van der Waals surface area contributed by atoms with Crippen LogP contribution in [0.3, 0.4) is 0 Å². The van der Waals surface area contributed by atoms with Gasteiger partial charge in [-0.05, 0) is 36.2 Å². The SMILES string of the molecule is COCCCn1c(SCC(=O)Nc2ccc(CC#N)cc2)nnc1-c1ccccc1Cl. The quantitative estimate of drug-likeness (QED) is 0.359. The molecule has 1 heterocycles. The molecule has 0 fully saturated rings. The van der Waals surface area contributed by atoms with Crippen LogP contribution in [0.2, 0.25) is 5.02 Å². The molecule has 3 rings (SSSR count). The molecule has 0 unspecified atom stereocenters. The van der Waals surface area contributed by atoms with Crippen LogP contribution in [0.15, 0.2) is 53.7 Å². The molecule has 1 amide bonds. The van der Waals surface area contributed by atoms with Crippen molar-refractivity contribution in [3.63, 3.8) is 0 Å². The Bertz CT molecular complexity index is 1060. The monoisotopic (exact) mass is 455 g/mol. The Hall–Kier alpha value is -2.86. The number of thioether (sulfide) groups is 1. The highest BCUT2D eigenvalue weighted by molar-refractivity contribution is 7.99. The predicted molar refractivity (Wildman–Crippen MR) is 122 cm³/mol. The van der Waals surface area contributed by atoms with Gasteiger partial charge in [0.15, 0.2) is 11.0 Å². The van der Waals surface area contributed by atoms with Crippen LogP contribution in [0.5, 0.6) is 0 Å². The number of hydrogen-bond donors (Lipinski definition) is 1. The molecule has 7 nitrogen and oxygen atoms in total. The molecule has 3 aromatic rings. The lowest BCUT2D eigenvalue weighted by Crippen LogP contribution is -2.15. The van der Waals surface area contributed by atoms with Crippen LogP contribution in [-0.2, 0) is 22.5 Å². The minimum atomic E-state index is -0.149. The second-order valence-corrected chi connectivity index (χ2v) is 8.00. The summed E-state index contributed by atoms with van der Waals surface area (Å²) in [6.45, 7) is 1.25. The first-order valence-electron chi connectivity index (χ1n) is 9.68. The van der Waals surface area contributed by atoms with Crippen LogP contribution < -0.4 is 5.32 Å². The Morgan fingerprint density at radius 2 is 2.00 bits per heavy atom. The van der Waals surface area contributed by atoms with Gasteiger partial charge in [-0.25, -0.2) is 0 Å². The van der Waals surface area contributed by atoms with Crippen molar-refractivity contribution in [3.05, 3.63) is 59.1 Å². The van der Waals surface area contributed by atoms with Gasteiger partial charge in [0.1, 0.15) is 0 Å². The highest BCUT2D eigenvalue weighted by Crippen LogP contribution is 2.29. The zero-order valence-corrected chi connectivity index (χ0v) is 18.6. The summed E-state index contributed by atoms with van der Waals surface area (Å²) in [5.41, 5.74) is 2.39. The van der Waals surface area contributed by atoms with E-state index in [1.54, 1.807) is 19.2 Å². The van der Waals surface area contributed by atoms with Crippen LogP contribution in [-0.4, -0.2) is 40.1 Å². The Morgan fingerprint density at radius 1 is 1.23 bits per heavy atom. The zero-order valence-electron chi connectivity index (χ0n) is 17.0. The van der Waals surface area contributed by atoms with Gasteiger partial charge < -0.3 is 14.6 Å². The molecule has 1 aromatic heterocycles. The first-order chi connectivity index (χ1) is 15.1. The predicted octanol–water partition coefficient (Wildman–Crippen LogP) is 4.43. The summed E-state index contributed by atoms with van der Waals surface area (Å²) in [6.07, 6.45) is 1.12. The molecule has 0 saturated heterocycles. The standard InChI is InChI=1S/C22H22ClN5O2S/c1-30-14-4-13-28-21(18-5-2-3-6-19(18)23)26-27-22(28)31-15-20(29)25-17-9-7-16(8-10-17)11-12-24/h2-3,5-10H,4,11,13-15H2,1H3,(H,25,29). The number of amides is 1. The Kier molecular flexibility index (Phi) is 8.47. The Labute approximate surface area is 190 Å². The van der Waals surface area contributed by atoms with Crippen LogP contribution in [0.4, 0.5) is 5.69 Å². The third kappa shape index (κ3) is 6.31. The van der Waals surface area contributed by atoms with Crippen molar-refractivity contribution in [2.45, 2.75) is 24.5 Å². The maximum Gasteiger partial charge on any atom is 0.234 e. The number of benzene rings is 2. The number of halogens is 1. The summed E-state index contributed by atoms with van der Waals surface area (Å²) in [6, 6.07) is 16.8. The third-order valence-electron chi connectivity index (χ3n) is 4.42. The molecule has 0 aliphatic carbocycles. The third-order valence-corrected chi connectivity index (χ3v) is 5.71. The molecule has 0 atom stereocenters. The van der Waals surface area contributed by atoms with Gasteiger partial charge in [-0.1, -0.05) is 47.6 Å². The van der Waals surface area contributed by atoms with Gasteiger partial charge in [-0.3, -0.25) is 4.79 Å². The fraction of sp³-hybridized carbons (Fsp3) is 0.273. The smallest absolute Gasteiger partial charge is 0.234 e. The molecule has 0 aliphatic rings. The molecule has 160 valence electrons. The summed E-state index contributed by atoms with van der Waals surface area (Å²) >= 11 is 7.67. The lowest BCUT2D eigenvalue weighted by atomic mass is 10.1. The number of carbonyl (C=O) groups is 1. The summed E-state index contributed by atoms with van der Waals surface area (Å²) in [5.74, 6) is 0.701. The van der Waals surface area contributed by atoms with E-state index in [1.807, 2.05) is 41.0 Å². The van der Waals surface area contributed by atoms with E-state index in [2.05, 4.69) is 21.6 Å². The molecule has 0 bridgehead atoms. The van der Waals surface area contributed by atoms with Crippen molar-refractivity contribution >= 4 is 35.0 Å². The van der Waals surface area contributed by atoms with E-state index >= 15 is 0 Å². The van der Waals surface area contributed by atoms with Crippen LogP contribution >= 0.6 is 23.4 Å². The van der Waals surface area contributed by atoms with Crippen molar-refractivity contribution in [2.24, 2.45) is 0 Å². The second kappa shape index (κ2) is 11.5. The van der Waals surface area contributed by atoms with Crippen molar-refractivity contribution in [1.82, 2.24) is 14.8 Å². The van der Waals surface area contributed by atoms with Crippen LogP contribution in [0.25, 0.3) is 11.4 Å². The van der Waals surface area contributed by atoms with Gasteiger partial charge in [-0.2, -0.15) is 5.26 Å². The van der Waals surface area contributed by atoms with E-state index in [4.69, 9.17) is 21.6 Å². The average molecular weight is 456 g/mol. The molecular weight excluding hydrogens is 434 g/mol.